The third-order valence-corrected chi connectivity index (χ3v) is 3.56. The average Bonchev–Trinajstić information content (AvgIpc) is 2.85. The molecule has 0 spiro atoms. The predicted octanol–water partition coefficient (Wildman–Crippen LogP) is 2.26. The zero-order valence-corrected chi connectivity index (χ0v) is 12.9. The summed E-state index contributed by atoms with van der Waals surface area (Å²) >= 11 is 0. The molecule has 2 rings (SSSR count). The monoisotopic (exact) mass is 316 g/mol. The summed E-state index contributed by atoms with van der Waals surface area (Å²) < 4.78 is 18.4. The first-order valence-electron chi connectivity index (χ1n) is 7.00. The number of rotatable bonds is 5. The largest absolute Gasteiger partial charge is 0.489 e. The number of benzene rings is 1. The lowest BCUT2D eigenvalue weighted by Crippen LogP contribution is -2.37. The van der Waals surface area contributed by atoms with E-state index in [4.69, 9.17) is 10.5 Å². The van der Waals surface area contributed by atoms with Gasteiger partial charge in [-0.1, -0.05) is 0 Å². The fourth-order valence-corrected chi connectivity index (χ4v) is 2.43. The minimum Gasteiger partial charge on any atom is -0.489 e. The smallest absolute Gasteiger partial charge is 0.223 e. The van der Waals surface area contributed by atoms with Crippen molar-refractivity contribution >= 4 is 18.3 Å². The van der Waals surface area contributed by atoms with Crippen molar-refractivity contribution in [1.82, 2.24) is 5.32 Å². The molecule has 6 heteroatoms. The van der Waals surface area contributed by atoms with Crippen LogP contribution in [-0.4, -0.2) is 24.6 Å². The molecule has 1 amide bonds. The molecule has 1 fully saturated rings. The molecule has 1 aromatic carbocycles. The van der Waals surface area contributed by atoms with E-state index < -0.39 is 0 Å². The molecule has 0 heterocycles. The molecule has 0 saturated heterocycles. The molecular formula is C15H22ClFN2O2. The van der Waals surface area contributed by atoms with Crippen LogP contribution in [0.3, 0.4) is 0 Å². The minimum absolute atomic E-state index is 0. The summed E-state index contributed by atoms with van der Waals surface area (Å²) in [5, 5.41) is 2.88. The molecule has 0 aromatic heterocycles. The summed E-state index contributed by atoms with van der Waals surface area (Å²) in [6.45, 7) is 2.30. The third-order valence-electron chi connectivity index (χ3n) is 3.56. The van der Waals surface area contributed by atoms with E-state index in [0.717, 1.165) is 19.3 Å². The molecule has 1 aliphatic rings. The van der Waals surface area contributed by atoms with Crippen LogP contribution in [0.2, 0.25) is 0 Å². The topological polar surface area (TPSA) is 64.4 Å². The van der Waals surface area contributed by atoms with Crippen molar-refractivity contribution in [3.63, 3.8) is 0 Å². The third kappa shape index (κ3) is 5.52. The quantitative estimate of drug-likeness (QED) is 0.876. The number of nitrogens with two attached hydrogens (primary N) is 1. The maximum absolute atomic E-state index is 12.8. The lowest BCUT2D eigenvalue weighted by atomic mass is 10.1. The van der Waals surface area contributed by atoms with Gasteiger partial charge in [0, 0.05) is 12.0 Å². The van der Waals surface area contributed by atoms with Crippen LogP contribution >= 0.6 is 12.4 Å². The van der Waals surface area contributed by atoms with Crippen molar-refractivity contribution in [3.8, 4) is 5.75 Å². The normalized spacial score (nSPS) is 22.2. The average molecular weight is 317 g/mol. The van der Waals surface area contributed by atoms with Crippen molar-refractivity contribution in [3.05, 3.63) is 30.1 Å². The summed E-state index contributed by atoms with van der Waals surface area (Å²) in [6, 6.07) is 5.99. The Labute approximate surface area is 130 Å². The second-order valence-corrected chi connectivity index (χ2v) is 5.40. The molecule has 0 radical (unpaired) electrons. The molecule has 3 N–H and O–H groups in total. The van der Waals surface area contributed by atoms with Gasteiger partial charge < -0.3 is 15.8 Å². The zero-order valence-electron chi connectivity index (χ0n) is 12.0. The second-order valence-electron chi connectivity index (χ2n) is 5.40. The van der Waals surface area contributed by atoms with Crippen LogP contribution in [0.25, 0.3) is 0 Å². The van der Waals surface area contributed by atoms with Crippen molar-refractivity contribution in [2.45, 2.75) is 38.3 Å². The standard InChI is InChI=1S/C15H21FN2O2.ClH/c1-10(20-14-6-3-12(16)4-7-14)9-18-15(19)11-2-5-13(17)8-11;/h3-4,6-7,10-11,13H,2,5,8-9,17H2,1H3,(H,18,19);1H. The Balaban J connectivity index is 0.00000220. The van der Waals surface area contributed by atoms with Crippen LogP contribution in [0, 0.1) is 11.7 Å². The van der Waals surface area contributed by atoms with Crippen LogP contribution in [0.4, 0.5) is 4.39 Å². The molecule has 3 atom stereocenters. The number of carbonyl (C=O) groups is 1. The molecule has 1 saturated carbocycles. The number of amides is 1. The lowest BCUT2D eigenvalue weighted by Gasteiger charge is -2.17. The highest BCUT2D eigenvalue weighted by Gasteiger charge is 2.27. The van der Waals surface area contributed by atoms with Gasteiger partial charge in [0.1, 0.15) is 17.7 Å². The van der Waals surface area contributed by atoms with E-state index in [0.29, 0.717) is 12.3 Å². The predicted molar refractivity (Wildman–Crippen MR) is 82.1 cm³/mol. The molecule has 21 heavy (non-hydrogen) atoms. The van der Waals surface area contributed by atoms with Gasteiger partial charge in [0.05, 0.1) is 6.54 Å². The van der Waals surface area contributed by atoms with Crippen molar-refractivity contribution in [2.24, 2.45) is 11.7 Å². The number of carbonyl (C=O) groups excluding carboxylic acids is 1. The van der Waals surface area contributed by atoms with Gasteiger partial charge in [-0.3, -0.25) is 4.79 Å². The van der Waals surface area contributed by atoms with Gasteiger partial charge in [-0.25, -0.2) is 4.39 Å². The highest BCUT2D eigenvalue weighted by molar-refractivity contribution is 5.85. The fourth-order valence-electron chi connectivity index (χ4n) is 2.43. The Morgan fingerprint density at radius 2 is 2.10 bits per heavy atom. The van der Waals surface area contributed by atoms with Crippen LogP contribution in [0.15, 0.2) is 24.3 Å². The second kappa shape index (κ2) is 8.20. The molecule has 0 bridgehead atoms. The van der Waals surface area contributed by atoms with Gasteiger partial charge in [0.25, 0.3) is 0 Å². The summed E-state index contributed by atoms with van der Waals surface area (Å²) in [7, 11) is 0. The highest BCUT2D eigenvalue weighted by atomic mass is 35.5. The van der Waals surface area contributed by atoms with Crippen LogP contribution in [0.5, 0.6) is 5.75 Å². The van der Waals surface area contributed by atoms with E-state index in [9.17, 15) is 9.18 Å². The molecular weight excluding hydrogens is 295 g/mol. The number of hydrogen-bond acceptors (Lipinski definition) is 3. The molecule has 3 unspecified atom stereocenters. The Kier molecular flexibility index (Phi) is 6.92. The van der Waals surface area contributed by atoms with Gasteiger partial charge >= 0.3 is 0 Å². The lowest BCUT2D eigenvalue weighted by molar-refractivity contribution is -0.125. The van der Waals surface area contributed by atoms with E-state index in [1.807, 2.05) is 6.92 Å². The van der Waals surface area contributed by atoms with Gasteiger partial charge in [0.15, 0.2) is 0 Å². The number of ether oxygens (including phenoxy) is 1. The Morgan fingerprint density at radius 1 is 1.43 bits per heavy atom. The van der Waals surface area contributed by atoms with Gasteiger partial charge in [0.2, 0.25) is 5.91 Å². The van der Waals surface area contributed by atoms with Gasteiger partial charge in [-0.2, -0.15) is 0 Å². The van der Waals surface area contributed by atoms with Crippen molar-refractivity contribution in [2.75, 3.05) is 6.54 Å². The number of nitrogens with one attached hydrogen (secondary N) is 1. The van der Waals surface area contributed by atoms with Crippen molar-refractivity contribution < 1.29 is 13.9 Å². The summed E-state index contributed by atoms with van der Waals surface area (Å²) in [6.07, 6.45) is 2.37. The van der Waals surface area contributed by atoms with Crippen LogP contribution in [0.1, 0.15) is 26.2 Å². The summed E-state index contributed by atoms with van der Waals surface area (Å²) in [5.41, 5.74) is 5.80. The van der Waals surface area contributed by atoms with Crippen LogP contribution in [-0.2, 0) is 4.79 Å². The highest BCUT2D eigenvalue weighted by Crippen LogP contribution is 2.24. The molecule has 4 nitrogen and oxygen atoms in total. The maximum atomic E-state index is 12.8. The first-order valence-corrected chi connectivity index (χ1v) is 7.00. The first kappa shape index (κ1) is 17.7. The number of halogens is 2. The Hall–Kier alpha value is -1.33. The zero-order chi connectivity index (χ0) is 14.5. The van der Waals surface area contributed by atoms with E-state index in [1.165, 1.54) is 12.1 Å². The van der Waals surface area contributed by atoms with E-state index >= 15 is 0 Å². The Morgan fingerprint density at radius 3 is 2.67 bits per heavy atom. The van der Waals surface area contributed by atoms with E-state index in [-0.39, 0.29) is 42.2 Å². The molecule has 1 aromatic rings. The number of hydrogen-bond donors (Lipinski definition) is 2. The first-order chi connectivity index (χ1) is 9.54. The van der Waals surface area contributed by atoms with Crippen LogP contribution < -0.4 is 15.8 Å². The van der Waals surface area contributed by atoms with E-state index in [1.54, 1.807) is 12.1 Å². The maximum Gasteiger partial charge on any atom is 0.223 e. The molecule has 118 valence electrons. The van der Waals surface area contributed by atoms with E-state index in [2.05, 4.69) is 5.32 Å². The SMILES string of the molecule is CC(CNC(=O)C1CCC(N)C1)Oc1ccc(F)cc1.Cl. The van der Waals surface area contributed by atoms with Crippen molar-refractivity contribution in [1.29, 1.82) is 0 Å². The molecule has 0 aliphatic heterocycles. The summed E-state index contributed by atoms with van der Waals surface area (Å²) in [4.78, 5) is 11.9. The minimum atomic E-state index is -0.295. The molecule has 1 aliphatic carbocycles. The van der Waals surface area contributed by atoms with Gasteiger partial charge in [-0.05, 0) is 50.5 Å². The Bertz CT molecular complexity index is 455. The summed E-state index contributed by atoms with van der Waals surface area (Å²) in [5.74, 6) is 0.377. The van der Waals surface area contributed by atoms with Gasteiger partial charge in [-0.15, -0.1) is 12.4 Å². The fraction of sp³-hybridized carbons (Fsp3) is 0.533.